The third-order valence-corrected chi connectivity index (χ3v) is 5.42. The standard InChI is InChI=1S/C21H19N5OS/c1-15-19(20(27)22-12-16-8-4-2-5-9-16)28-21(23-15)18-14-26(25-24-18)13-17-10-6-3-7-11-17/h2-11,14H,12-13H2,1H3,(H,22,27). The molecular weight excluding hydrogens is 370 g/mol. The summed E-state index contributed by atoms with van der Waals surface area (Å²) >= 11 is 1.34. The highest BCUT2D eigenvalue weighted by Crippen LogP contribution is 2.26. The van der Waals surface area contributed by atoms with Gasteiger partial charge in [0.2, 0.25) is 0 Å². The molecule has 2 aromatic carbocycles. The second-order valence-electron chi connectivity index (χ2n) is 6.39. The van der Waals surface area contributed by atoms with Gasteiger partial charge in [-0.05, 0) is 18.1 Å². The molecule has 0 saturated carbocycles. The van der Waals surface area contributed by atoms with E-state index in [0.717, 1.165) is 11.1 Å². The van der Waals surface area contributed by atoms with Crippen LogP contribution < -0.4 is 5.32 Å². The van der Waals surface area contributed by atoms with E-state index < -0.39 is 0 Å². The summed E-state index contributed by atoms with van der Waals surface area (Å²) < 4.78 is 1.77. The highest BCUT2D eigenvalue weighted by Gasteiger charge is 2.18. The van der Waals surface area contributed by atoms with Gasteiger partial charge in [0.15, 0.2) is 0 Å². The van der Waals surface area contributed by atoms with E-state index in [2.05, 4.69) is 20.6 Å². The SMILES string of the molecule is Cc1nc(-c2cn(Cc3ccccc3)nn2)sc1C(=O)NCc1ccccc1. The lowest BCUT2D eigenvalue weighted by Gasteiger charge is -2.03. The largest absolute Gasteiger partial charge is 0.347 e. The van der Waals surface area contributed by atoms with Crippen LogP contribution in [-0.4, -0.2) is 25.9 Å². The van der Waals surface area contributed by atoms with Gasteiger partial charge in [-0.2, -0.15) is 0 Å². The summed E-state index contributed by atoms with van der Waals surface area (Å²) in [5.74, 6) is -0.123. The Morgan fingerprint density at radius 1 is 1.04 bits per heavy atom. The molecule has 7 heteroatoms. The second kappa shape index (κ2) is 8.14. The van der Waals surface area contributed by atoms with Gasteiger partial charge in [0, 0.05) is 6.54 Å². The van der Waals surface area contributed by atoms with E-state index in [0.29, 0.717) is 34.4 Å². The molecule has 28 heavy (non-hydrogen) atoms. The molecule has 140 valence electrons. The fourth-order valence-electron chi connectivity index (χ4n) is 2.82. The molecule has 2 heterocycles. The van der Waals surface area contributed by atoms with Crippen LogP contribution >= 0.6 is 11.3 Å². The molecule has 0 radical (unpaired) electrons. The van der Waals surface area contributed by atoms with Crippen LogP contribution in [0.1, 0.15) is 26.5 Å². The van der Waals surface area contributed by atoms with Crippen molar-refractivity contribution < 1.29 is 4.79 Å². The maximum atomic E-state index is 12.5. The molecule has 0 saturated heterocycles. The van der Waals surface area contributed by atoms with Gasteiger partial charge in [0.1, 0.15) is 15.6 Å². The molecule has 0 aliphatic heterocycles. The number of amides is 1. The van der Waals surface area contributed by atoms with E-state index in [1.54, 1.807) is 4.68 Å². The minimum absolute atomic E-state index is 0.123. The Hall–Kier alpha value is -3.32. The van der Waals surface area contributed by atoms with Crippen LogP contribution in [0.4, 0.5) is 0 Å². The summed E-state index contributed by atoms with van der Waals surface area (Å²) in [4.78, 5) is 17.7. The number of aromatic nitrogens is 4. The Bertz CT molecular complexity index is 1070. The number of rotatable bonds is 6. The lowest BCUT2D eigenvalue weighted by molar-refractivity contribution is 0.0954. The average molecular weight is 389 g/mol. The normalized spacial score (nSPS) is 10.8. The summed E-state index contributed by atoms with van der Waals surface area (Å²) in [5.41, 5.74) is 3.58. The van der Waals surface area contributed by atoms with Gasteiger partial charge in [0.05, 0.1) is 18.4 Å². The van der Waals surface area contributed by atoms with Gasteiger partial charge in [-0.25, -0.2) is 9.67 Å². The average Bonchev–Trinajstić information content (AvgIpc) is 3.34. The van der Waals surface area contributed by atoms with E-state index >= 15 is 0 Å². The van der Waals surface area contributed by atoms with Crippen LogP contribution in [0.2, 0.25) is 0 Å². The highest BCUT2D eigenvalue weighted by atomic mass is 32.1. The van der Waals surface area contributed by atoms with Gasteiger partial charge in [0.25, 0.3) is 5.91 Å². The van der Waals surface area contributed by atoms with E-state index in [-0.39, 0.29) is 5.91 Å². The van der Waals surface area contributed by atoms with Crippen molar-refractivity contribution in [1.29, 1.82) is 0 Å². The molecule has 0 aliphatic rings. The summed E-state index contributed by atoms with van der Waals surface area (Å²) in [5, 5.41) is 12.0. The van der Waals surface area contributed by atoms with Gasteiger partial charge < -0.3 is 5.32 Å². The van der Waals surface area contributed by atoms with Crippen LogP contribution in [0, 0.1) is 6.92 Å². The van der Waals surface area contributed by atoms with Gasteiger partial charge in [-0.3, -0.25) is 4.79 Å². The molecule has 0 atom stereocenters. The first-order chi connectivity index (χ1) is 13.7. The third kappa shape index (κ3) is 4.15. The minimum Gasteiger partial charge on any atom is -0.347 e. The summed E-state index contributed by atoms with van der Waals surface area (Å²) in [6.45, 7) is 2.97. The van der Waals surface area contributed by atoms with E-state index in [1.807, 2.05) is 73.8 Å². The highest BCUT2D eigenvalue weighted by molar-refractivity contribution is 7.17. The number of carbonyl (C=O) groups is 1. The molecule has 0 unspecified atom stereocenters. The molecule has 1 N–H and O–H groups in total. The van der Waals surface area contributed by atoms with E-state index in [1.165, 1.54) is 11.3 Å². The molecule has 6 nitrogen and oxygen atoms in total. The van der Waals surface area contributed by atoms with Crippen molar-refractivity contribution in [2.75, 3.05) is 0 Å². The molecule has 0 aliphatic carbocycles. The lowest BCUT2D eigenvalue weighted by Crippen LogP contribution is -2.22. The third-order valence-electron chi connectivity index (χ3n) is 4.24. The van der Waals surface area contributed by atoms with Crippen molar-refractivity contribution >= 4 is 17.2 Å². The fourth-order valence-corrected chi connectivity index (χ4v) is 3.75. The van der Waals surface area contributed by atoms with Crippen molar-refractivity contribution in [3.8, 4) is 10.7 Å². The van der Waals surface area contributed by atoms with Crippen LogP contribution in [0.15, 0.2) is 66.9 Å². The fraction of sp³-hybridized carbons (Fsp3) is 0.143. The molecule has 1 amide bonds. The van der Waals surface area contributed by atoms with Crippen LogP contribution in [0.25, 0.3) is 10.7 Å². The zero-order valence-corrected chi connectivity index (χ0v) is 16.2. The van der Waals surface area contributed by atoms with Crippen molar-refractivity contribution in [3.05, 3.63) is 88.6 Å². The number of hydrogen-bond acceptors (Lipinski definition) is 5. The topological polar surface area (TPSA) is 72.7 Å². The molecule has 2 aromatic heterocycles. The number of thiazole rings is 1. The predicted octanol–water partition coefficient (Wildman–Crippen LogP) is 3.69. The first-order valence-electron chi connectivity index (χ1n) is 8.93. The van der Waals surface area contributed by atoms with Crippen LogP contribution in [0.3, 0.4) is 0 Å². The number of aryl methyl sites for hydroxylation is 1. The van der Waals surface area contributed by atoms with Crippen molar-refractivity contribution in [3.63, 3.8) is 0 Å². The molecule has 0 bridgehead atoms. The van der Waals surface area contributed by atoms with Gasteiger partial charge in [-0.15, -0.1) is 16.4 Å². The first kappa shape index (κ1) is 18.1. The van der Waals surface area contributed by atoms with E-state index in [4.69, 9.17) is 0 Å². The smallest absolute Gasteiger partial charge is 0.263 e. The number of nitrogens with one attached hydrogen (secondary N) is 1. The number of hydrogen-bond donors (Lipinski definition) is 1. The van der Waals surface area contributed by atoms with Crippen LogP contribution in [0.5, 0.6) is 0 Å². The quantitative estimate of drug-likeness (QED) is 0.546. The lowest BCUT2D eigenvalue weighted by atomic mass is 10.2. The van der Waals surface area contributed by atoms with Crippen molar-refractivity contribution in [1.82, 2.24) is 25.3 Å². The van der Waals surface area contributed by atoms with Gasteiger partial charge >= 0.3 is 0 Å². The molecule has 4 rings (SSSR count). The Morgan fingerprint density at radius 3 is 2.43 bits per heavy atom. The zero-order valence-electron chi connectivity index (χ0n) is 15.4. The monoisotopic (exact) mass is 389 g/mol. The Labute approximate surface area is 166 Å². The Morgan fingerprint density at radius 2 is 1.71 bits per heavy atom. The van der Waals surface area contributed by atoms with Gasteiger partial charge in [-0.1, -0.05) is 65.9 Å². The Balaban J connectivity index is 1.46. The molecule has 0 fully saturated rings. The molecule has 0 spiro atoms. The van der Waals surface area contributed by atoms with E-state index in [9.17, 15) is 4.79 Å². The number of carbonyl (C=O) groups excluding carboxylic acids is 1. The molecule has 4 aromatic rings. The van der Waals surface area contributed by atoms with Crippen molar-refractivity contribution in [2.45, 2.75) is 20.0 Å². The first-order valence-corrected chi connectivity index (χ1v) is 9.74. The summed E-state index contributed by atoms with van der Waals surface area (Å²) in [6.07, 6.45) is 1.86. The maximum absolute atomic E-state index is 12.5. The Kier molecular flexibility index (Phi) is 5.25. The summed E-state index contributed by atoms with van der Waals surface area (Å²) in [7, 11) is 0. The number of nitrogens with zero attached hydrogens (tertiary/aromatic N) is 4. The molecular formula is C21H19N5OS. The second-order valence-corrected chi connectivity index (χ2v) is 7.39. The minimum atomic E-state index is -0.123. The van der Waals surface area contributed by atoms with Crippen LogP contribution in [-0.2, 0) is 13.1 Å². The maximum Gasteiger partial charge on any atom is 0.263 e. The number of benzene rings is 2. The van der Waals surface area contributed by atoms with Crippen molar-refractivity contribution in [2.24, 2.45) is 0 Å². The zero-order chi connectivity index (χ0) is 19.3. The predicted molar refractivity (Wildman–Crippen MR) is 109 cm³/mol. The summed E-state index contributed by atoms with van der Waals surface area (Å²) in [6, 6.07) is 19.9.